The van der Waals surface area contributed by atoms with Crippen molar-refractivity contribution in [1.29, 1.82) is 0 Å². The van der Waals surface area contributed by atoms with Gasteiger partial charge in [-0.25, -0.2) is 0 Å². The lowest BCUT2D eigenvalue weighted by atomic mass is 9.82. The van der Waals surface area contributed by atoms with E-state index < -0.39 is 0 Å². The maximum atomic E-state index is 4.26. The summed E-state index contributed by atoms with van der Waals surface area (Å²) in [5.41, 5.74) is 12.5. The van der Waals surface area contributed by atoms with Crippen molar-refractivity contribution in [3.05, 3.63) is 169 Å². The number of pyridine rings is 2. The monoisotopic (exact) mass is 562 g/mol. The summed E-state index contributed by atoms with van der Waals surface area (Å²) >= 11 is 0. The summed E-state index contributed by atoms with van der Waals surface area (Å²) in [7, 11) is 0. The predicted molar refractivity (Wildman–Crippen MR) is 185 cm³/mol. The molecule has 2 aromatic heterocycles. The third-order valence-electron chi connectivity index (χ3n) is 8.74. The maximum Gasteiger partial charge on any atom is 0.0273 e. The van der Waals surface area contributed by atoms with Crippen molar-refractivity contribution >= 4 is 32.7 Å². The quantitative estimate of drug-likeness (QED) is 0.195. The van der Waals surface area contributed by atoms with E-state index in [1.807, 2.05) is 24.8 Å². The van der Waals surface area contributed by atoms with Gasteiger partial charge in [-0.15, -0.1) is 0 Å². The van der Waals surface area contributed by atoms with Gasteiger partial charge >= 0.3 is 0 Å². The van der Waals surface area contributed by atoms with Crippen LogP contribution in [-0.2, 0) is 0 Å². The smallest absolute Gasteiger partial charge is 0.0273 e. The van der Waals surface area contributed by atoms with E-state index in [0.717, 1.165) is 12.8 Å². The molecule has 2 nitrogen and oxygen atoms in total. The average Bonchev–Trinajstić information content (AvgIpc) is 3.11. The van der Waals surface area contributed by atoms with E-state index in [-0.39, 0.29) is 0 Å². The fourth-order valence-corrected chi connectivity index (χ4v) is 6.68. The van der Waals surface area contributed by atoms with Crippen LogP contribution in [0.3, 0.4) is 0 Å². The normalized spacial score (nSPS) is 13.1. The van der Waals surface area contributed by atoms with Crippen LogP contribution in [0.5, 0.6) is 0 Å². The van der Waals surface area contributed by atoms with Crippen LogP contribution in [0, 0.1) is 0 Å². The van der Waals surface area contributed by atoms with Gasteiger partial charge in [0.25, 0.3) is 0 Å². The standard InChI is InChI=1S/C42H30N2/c1-2-8-29(9-3-1)34-16-17-39-40(28-34)42(36-13-7-11-33(27-36)31-20-24-44-25-21-31)38-15-5-4-14-37(38)41(39)35-12-6-10-32(26-35)30-18-22-43-23-19-30/h1-6,8-10,12-28H,7,11H2. The highest BCUT2D eigenvalue weighted by Crippen LogP contribution is 2.45. The summed E-state index contributed by atoms with van der Waals surface area (Å²) in [6.45, 7) is 0. The molecule has 0 amide bonds. The first-order valence-electron chi connectivity index (χ1n) is 15.2. The van der Waals surface area contributed by atoms with Gasteiger partial charge in [0.05, 0.1) is 0 Å². The SMILES string of the molecule is C1=C(c2ccncc2)CCC=C1c1c2ccccc2c(-c2cccc(-c3ccncc3)c2)c2ccc(-c3ccccc3)cc12. The lowest BCUT2D eigenvalue weighted by molar-refractivity contribution is 1.06. The molecule has 0 N–H and O–H groups in total. The van der Waals surface area contributed by atoms with Crippen LogP contribution in [0.15, 0.2) is 158 Å². The molecule has 0 bridgehead atoms. The number of nitrogens with zero attached hydrogens (tertiary/aromatic N) is 2. The van der Waals surface area contributed by atoms with Gasteiger partial charge in [0, 0.05) is 24.8 Å². The molecule has 7 aromatic rings. The summed E-state index contributed by atoms with van der Waals surface area (Å²) in [5.74, 6) is 0. The fourth-order valence-electron chi connectivity index (χ4n) is 6.68. The maximum absolute atomic E-state index is 4.26. The Morgan fingerprint density at radius 3 is 1.77 bits per heavy atom. The summed E-state index contributed by atoms with van der Waals surface area (Å²) < 4.78 is 0. The Kier molecular flexibility index (Phi) is 6.66. The third-order valence-corrected chi connectivity index (χ3v) is 8.74. The van der Waals surface area contributed by atoms with E-state index in [9.17, 15) is 0 Å². The zero-order chi connectivity index (χ0) is 29.3. The van der Waals surface area contributed by atoms with Gasteiger partial charge in [0.15, 0.2) is 0 Å². The fraction of sp³-hybridized carbons (Fsp3) is 0.0476. The molecule has 2 heteroatoms. The topological polar surface area (TPSA) is 25.8 Å². The Morgan fingerprint density at radius 2 is 1.00 bits per heavy atom. The molecule has 0 unspecified atom stereocenters. The number of hydrogen-bond acceptors (Lipinski definition) is 2. The minimum absolute atomic E-state index is 1.01. The number of benzene rings is 5. The molecule has 0 aliphatic heterocycles. The second-order valence-electron chi connectivity index (χ2n) is 11.3. The molecule has 0 atom stereocenters. The van der Waals surface area contributed by atoms with Crippen LogP contribution in [0.2, 0.25) is 0 Å². The van der Waals surface area contributed by atoms with Gasteiger partial charge < -0.3 is 0 Å². The van der Waals surface area contributed by atoms with E-state index in [1.54, 1.807) is 0 Å². The molecule has 0 spiro atoms. The zero-order valence-corrected chi connectivity index (χ0v) is 24.3. The van der Waals surface area contributed by atoms with Gasteiger partial charge in [0.2, 0.25) is 0 Å². The minimum atomic E-state index is 1.01. The van der Waals surface area contributed by atoms with Gasteiger partial charge in [-0.1, -0.05) is 97.1 Å². The molecule has 1 aliphatic carbocycles. The lowest BCUT2D eigenvalue weighted by Crippen LogP contribution is -1.97. The molecule has 0 fully saturated rings. The van der Waals surface area contributed by atoms with Crippen LogP contribution in [0.25, 0.3) is 66.1 Å². The summed E-state index contributed by atoms with van der Waals surface area (Å²) in [5, 5.41) is 5.07. The van der Waals surface area contributed by atoms with Crippen LogP contribution in [-0.4, -0.2) is 9.97 Å². The van der Waals surface area contributed by atoms with Crippen LogP contribution < -0.4 is 0 Å². The Labute approximate surface area is 257 Å². The Bertz CT molecular complexity index is 2190. The molecule has 2 heterocycles. The summed E-state index contributed by atoms with van der Waals surface area (Å²) in [6.07, 6.45) is 14.4. The van der Waals surface area contributed by atoms with Crippen molar-refractivity contribution in [3.63, 3.8) is 0 Å². The first kappa shape index (κ1) is 26.1. The molecule has 8 rings (SSSR count). The van der Waals surface area contributed by atoms with Gasteiger partial charge in [-0.2, -0.15) is 0 Å². The number of rotatable bonds is 5. The molecule has 0 saturated carbocycles. The molecule has 5 aromatic carbocycles. The van der Waals surface area contributed by atoms with Crippen LogP contribution >= 0.6 is 0 Å². The molecular weight excluding hydrogens is 532 g/mol. The second-order valence-corrected chi connectivity index (χ2v) is 11.3. The predicted octanol–water partition coefficient (Wildman–Crippen LogP) is 11.0. The van der Waals surface area contributed by atoms with Crippen molar-refractivity contribution in [3.8, 4) is 33.4 Å². The molecule has 1 aliphatic rings. The van der Waals surface area contributed by atoms with Gasteiger partial charge in [-0.05, 0) is 126 Å². The summed E-state index contributed by atoms with van der Waals surface area (Å²) in [6, 6.07) is 44.0. The number of fused-ring (bicyclic) bond motifs is 2. The van der Waals surface area contributed by atoms with Crippen molar-refractivity contribution in [2.24, 2.45) is 0 Å². The van der Waals surface area contributed by atoms with Crippen molar-refractivity contribution in [2.75, 3.05) is 0 Å². The molecule has 44 heavy (non-hydrogen) atoms. The number of hydrogen-bond donors (Lipinski definition) is 0. The molecular formula is C42H30N2. The van der Waals surface area contributed by atoms with E-state index in [0.29, 0.717) is 0 Å². The van der Waals surface area contributed by atoms with Crippen molar-refractivity contribution in [1.82, 2.24) is 9.97 Å². The Morgan fingerprint density at radius 1 is 0.409 bits per heavy atom. The summed E-state index contributed by atoms with van der Waals surface area (Å²) in [4.78, 5) is 8.49. The van der Waals surface area contributed by atoms with E-state index >= 15 is 0 Å². The van der Waals surface area contributed by atoms with E-state index in [2.05, 4.69) is 143 Å². The first-order valence-corrected chi connectivity index (χ1v) is 15.2. The molecule has 0 radical (unpaired) electrons. The average molecular weight is 563 g/mol. The van der Waals surface area contributed by atoms with Crippen molar-refractivity contribution in [2.45, 2.75) is 12.8 Å². The second kappa shape index (κ2) is 11.2. The number of aromatic nitrogens is 2. The third kappa shape index (κ3) is 4.71. The largest absolute Gasteiger partial charge is 0.265 e. The Hall–Kier alpha value is -5.60. The van der Waals surface area contributed by atoms with Gasteiger partial charge in [-0.3, -0.25) is 9.97 Å². The van der Waals surface area contributed by atoms with E-state index in [4.69, 9.17) is 0 Å². The highest BCUT2D eigenvalue weighted by molar-refractivity contribution is 6.20. The highest BCUT2D eigenvalue weighted by Gasteiger charge is 2.20. The first-order chi connectivity index (χ1) is 21.8. The molecule has 208 valence electrons. The Balaban J connectivity index is 1.43. The van der Waals surface area contributed by atoms with Crippen LogP contribution in [0.1, 0.15) is 24.0 Å². The number of allylic oxidation sites excluding steroid dienone is 4. The van der Waals surface area contributed by atoms with Crippen molar-refractivity contribution < 1.29 is 0 Å². The molecule has 0 saturated heterocycles. The highest BCUT2D eigenvalue weighted by atomic mass is 14.6. The van der Waals surface area contributed by atoms with E-state index in [1.165, 1.54) is 77.2 Å². The van der Waals surface area contributed by atoms with Gasteiger partial charge in [0.1, 0.15) is 0 Å². The zero-order valence-electron chi connectivity index (χ0n) is 24.3. The minimum Gasteiger partial charge on any atom is -0.265 e. The van der Waals surface area contributed by atoms with Crippen LogP contribution in [0.4, 0.5) is 0 Å². The lowest BCUT2D eigenvalue weighted by Gasteiger charge is -2.22.